The maximum Gasteiger partial charge on any atom is 0.410 e. The van der Waals surface area contributed by atoms with E-state index in [1.165, 1.54) is 0 Å². The summed E-state index contributed by atoms with van der Waals surface area (Å²) in [6.07, 6.45) is -0.182. The molecule has 41 heavy (non-hydrogen) atoms. The molecule has 0 spiro atoms. The Morgan fingerprint density at radius 2 is 1.66 bits per heavy atom. The van der Waals surface area contributed by atoms with Gasteiger partial charge in [-0.25, -0.2) is 4.79 Å². The molecule has 11 nitrogen and oxygen atoms in total. The lowest BCUT2D eigenvalue weighted by Gasteiger charge is -2.28. The Kier molecular flexibility index (Phi) is 8.48. The van der Waals surface area contributed by atoms with Crippen molar-refractivity contribution in [1.82, 2.24) is 20.0 Å². The number of nitrogens with one attached hydrogen (secondary N) is 1. The van der Waals surface area contributed by atoms with Crippen molar-refractivity contribution in [2.45, 2.75) is 51.8 Å². The van der Waals surface area contributed by atoms with E-state index in [9.17, 15) is 24.0 Å². The fourth-order valence-corrected chi connectivity index (χ4v) is 4.88. The van der Waals surface area contributed by atoms with Crippen molar-refractivity contribution in [2.24, 2.45) is 0 Å². The number of rotatable bonds is 8. The SMILES string of the molecule is CN(CCN(C)C(=O)OC(C)(C)C)Cc1ccc(N(C)c2cccc3c2C(=O)N(C2CCC(=O)NC2=O)C3=O)cc1. The Hall–Kier alpha value is -4.25. The topological polar surface area (TPSA) is 120 Å². The van der Waals surface area contributed by atoms with E-state index in [1.54, 1.807) is 30.1 Å². The maximum absolute atomic E-state index is 13.5. The number of ether oxygens (including phenoxy) is 1. The second kappa shape index (κ2) is 11.7. The molecule has 1 unspecified atom stereocenters. The van der Waals surface area contributed by atoms with Crippen molar-refractivity contribution in [3.05, 3.63) is 59.2 Å². The van der Waals surface area contributed by atoms with Crippen molar-refractivity contribution in [2.75, 3.05) is 39.1 Å². The lowest BCUT2D eigenvalue weighted by atomic mass is 10.0. The highest BCUT2D eigenvalue weighted by molar-refractivity contribution is 6.25. The third kappa shape index (κ3) is 6.57. The largest absolute Gasteiger partial charge is 0.444 e. The Morgan fingerprint density at radius 1 is 0.976 bits per heavy atom. The molecule has 1 atom stereocenters. The molecule has 1 N–H and O–H groups in total. The first kappa shape index (κ1) is 29.7. The molecule has 0 aromatic heterocycles. The number of imide groups is 2. The Bertz CT molecular complexity index is 1370. The van der Waals surface area contributed by atoms with Gasteiger partial charge in [-0.05, 0) is 64.1 Å². The summed E-state index contributed by atoms with van der Waals surface area (Å²) < 4.78 is 5.40. The zero-order valence-corrected chi connectivity index (χ0v) is 24.4. The molecule has 2 aromatic rings. The maximum atomic E-state index is 13.5. The van der Waals surface area contributed by atoms with E-state index in [1.807, 2.05) is 64.0 Å². The number of hydrogen-bond acceptors (Lipinski definition) is 8. The number of amides is 5. The Labute approximate surface area is 240 Å². The van der Waals surface area contributed by atoms with Crippen molar-refractivity contribution in [3.8, 4) is 0 Å². The molecule has 0 aliphatic carbocycles. The molecular formula is C30H37N5O6. The van der Waals surface area contributed by atoms with E-state index in [0.717, 1.165) is 16.2 Å². The van der Waals surface area contributed by atoms with Gasteiger partial charge in [0.25, 0.3) is 11.8 Å². The molecule has 218 valence electrons. The van der Waals surface area contributed by atoms with E-state index in [-0.39, 0.29) is 30.1 Å². The molecule has 2 aliphatic rings. The number of anilines is 2. The van der Waals surface area contributed by atoms with E-state index in [4.69, 9.17) is 4.74 Å². The van der Waals surface area contributed by atoms with Gasteiger partial charge in [0.15, 0.2) is 0 Å². The number of benzene rings is 2. The highest BCUT2D eigenvalue weighted by atomic mass is 16.6. The third-order valence-electron chi connectivity index (χ3n) is 7.11. The summed E-state index contributed by atoms with van der Waals surface area (Å²) in [7, 11) is 5.51. The predicted molar refractivity (Wildman–Crippen MR) is 153 cm³/mol. The molecular weight excluding hydrogens is 526 g/mol. The number of carbonyl (C=O) groups is 5. The minimum atomic E-state index is -1.02. The summed E-state index contributed by atoms with van der Waals surface area (Å²) in [4.78, 5) is 69.3. The van der Waals surface area contributed by atoms with Gasteiger partial charge in [-0.2, -0.15) is 0 Å². The third-order valence-corrected chi connectivity index (χ3v) is 7.11. The normalized spacial score (nSPS) is 17.0. The van der Waals surface area contributed by atoms with Gasteiger partial charge in [-0.3, -0.25) is 29.4 Å². The van der Waals surface area contributed by atoms with Crippen LogP contribution in [-0.2, 0) is 20.9 Å². The molecule has 0 bridgehead atoms. The minimum absolute atomic E-state index is 0.0680. The molecule has 4 rings (SSSR count). The summed E-state index contributed by atoms with van der Waals surface area (Å²) in [5.41, 5.74) is 2.36. The monoisotopic (exact) mass is 563 g/mol. The summed E-state index contributed by atoms with van der Waals surface area (Å²) in [5, 5.41) is 2.22. The summed E-state index contributed by atoms with van der Waals surface area (Å²) >= 11 is 0. The summed E-state index contributed by atoms with van der Waals surface area (Å²) in [6.45, 7) is 7.36. The average molecular weight is 564 g/mol. The number of likely N-dealkylation sites (N-methyl/N-ethyl adjacent to an activating group) is 2. The molecule has 0 radical (unpaired) electrons. The van der Waals surface area contributed by atoms with E-state index in [2.05, 4.69) is 10.2 Å². The number of nitrogens with zero attached hydrogens (tertiary/aromatic N) is 4. The van der Waals surface area contributed by atoms with Crippen molar-refractivity contribution >= 4 is 41.1 Å². The van der Waals surface area contributed by atoms with Crippen molar-refractivity contribution in [3.63, 3.8) is 0 Å². The first-order chi connectivity index (χ1) is 19.3. The van der Waals surface area contributed by atoms with Crippen LogP contribution in [0.2, 0.25) is 0 Å². The zero-order valence-electron chi connectivity index (χ0n) is 24.4. The first-order valence-electron chi connectivity index (χ1n) is 13.6. The van der Waals surface area contributed by atoms with Crippen LogP contribution < -0.4 is 10.2 Å². The molecule has 2 aromatic carbocycles. The number of carbonyl (C=O) groups excluding carboxylic acids is 5. The lowest BCUT2D eigenvalue weighted by Crippen LogP contribution is -2.54. The fourth-order valence-electron chi connectivity index (χ4n) is 4.88. The van der Waals surface area contributed by atoms with Gasteiger partial charge in [0.1, 0.15) is 11.6 Å². The number of hydrogen-bond donors (Lipinski definition) is 1. The average Bonchev–Trinajstić information content (AvgIpc) is 3.16. The van der Waals surface area contributed by atoms with Gasteiger partial charge in [0.2, 0.25) is 11.8 Å². The smallest absolute Gasteiger partial charge is 0.410 e. The van der Waals surface area contributed by atoms with Crippen LogP contribution in [-0.4, -0.2) is 90.3 Å². The van der Waals surface area contributed by atoms with Crippen LogP contribution in [0.5, 0.6) is 0 Å². The summed E-state index contributed by atoms with van der Waals surface area (Å²) in [6, 6.07) is 11.9. The van der Waals surface area contributed by atoms with Gasteiger partial charge in [-0.15, -0.1) is 0 Å². The van der Waals surface area contributed by atoms with Crippen LogP contribution in [0, 0.1) is 0 Å². The first-order valence-corrected chi connectivity index (χ1v) is 13.6. The molecule has 11 heteroatoms. The Morgan fingerprint density at radius 3 is 2.29 bits per heavy atom. The van der Waals surface area contributed by atoms with E-state index < -0.39 is 35.3 Å². The molecule has 2 aliphatic heterocycles. The number of fused-ring (bicyclic) bond motifs is 1. The highest BCUT2D eigenvalue weighted by Crippen LogP contribution is 2.36. The van der Waals surface area contributed by atoms with E-state index in [0.29, 0.717) is 25.3 Å². The van der Waals surface area contributed by atoms with E-state index >= 15 is 0 Å². The van der Waals surface area contributed by atoms with Crippen LogP contribution in [0.1, 0.15) is 59.9 Å². The second-order valence-corrected chi connectivity index (χ2v) is 11.5. The molecule has 2 heterocycles. The predicted octanol–water partition coefficient (Wildman–Crippen LogP) is 3.15. The minimum Gasteiger partial charge on any atom is -0.444 e. The van der Waals surface area contributed by atoms with Gasteiger partial charge in [0, 0.05) is 45.8 Å². The number of piperidine rings is 1. The molecule has 5 amide bonds. The second-order valence-electron chi connectivity index (χ2n) is 11.5. The quantitative estimate of drug-likeness (QED) is 0.487. The molecule has 1 fully saturated rings. The zero-order chi connectivity index (χ0) is 30.1. The van der Waals surface area contributed by atoms with Crippen LogP contribution in [0.4, 0.5) is 16.2 Å². The molecule has 1 saturated heterocycles. The highest BCUT2D eigenvalue weighted by Gasteiger charge is 2.46. The summed E-state index contributed by atoms with van der Waals surface area (Å²) in [5.74, 6) is -2.13. The Balaban J connectivity index is 1.42. The standard InChI is InChI=1S/C30H37N5O6/c1-30(2,3)41-29(40)33(5)17-16-32(4)18-19-10-12-20(13-11-19)34(6)22-9-7-8-21-25(22)28(39)35(27(21)38)23-14-15-24(36)31-26(23)37/h7-13,23H,14-18H2,1-6H3,(H,31,36,37). The van der Waals surface area contributed by atoms with Gasteiger partial charge in [-0.1, -0.05) is 18.2 Å². The van der Waals surface area contributed by atoms with Crippen LogP contribution in [0.15, 0.2) is 42.5 Å². The van der Waals surface area contributed by atoms with Crippen LogP contribution in [0.25, 0.3) is 0 Å². The van der Waals surface area contributed by atoms with Crippen LogP contribution in [0.3, 0.4) is 0 Å². The van der Waals surface area contributed by atoms with Gasteiger partial charge < -0.3 is 19.4 Å². The van der Waals surface area contributed by atoms with Crippen LogP contribution >= 0.6 is 0 Å². The molecule has 0 saturated carbocycles. The van der Waals surface area contributed by atoms with Crippen molar-refractivity contribution in [1.29, 1.82) is 0 Å². The van der Waals surface area contributed by atoms with Gasteiger partial charge in [0.05, 0.1) is 16.8 Å². The fraction of sp³-hybridized carbons (Fsp3) is 0.433. The van der Waals surface area contributed by atoms with Crippen molar-refractivity contribution < 1.29 is 28.7 Å². The lowest BCUT2D eigenvalue weighted by molar-refractivity contribution is -0.136. The van der Waals surface area contributed by atoms with Gasteiger partial charge >= 0.3 is 6.09 Å².